The van der Waals surface area contributed by atoms with E-state index in [1.807, 2.05) is 0 Å². The minimum atomic E-state index is -0.260. The predicted molar refractivity (Wildman–Crippen MR) is 74.4 cm³/mol. The van der Waals surface area contributed by atoms with Crippen LogP contribution in [0.15, 0.2) is 24.5 Å². The number of ether oxygens (including phenoxy) is 1. The van der Waals surface area contributed by atoms with Gasteiger partial charge in [0.1, 0.15) is 0 Å². The van der Waals surface area contributed by atoms with Crippen molar-refractivity contribution in [2.45, 2.75) is 18.9 Å². The number of hydrogen-bond donors (Lipinski definition) is 3. The van der Waals surface area contributed by atoms with Crippen LogP contribution in [-0.4, -0.2) is 35.3 Å². The maximum atomic E-state index is 11.7. The van der Waals surface area contributed by atoms with Crippen molar-refractivity contribution in [1.29, 1.82) is 0 Å². The molecule has 2 heterocycles. The lowest BCUT2D eigenvalue weighted by molar-refractivity contribution is 0.0943. The zero-order valence-electron chi connectivity index (χ0n) is 10.4. The Balaban J connectivity index is 1.67. The first kappa shape index (κ1) is 13.7. The number of hydrogen-bond acceptors (Lipinski definition) is 4. The Morgan fingerprint density at radius 3 is 2.89 bits per heavy atom. The van der Waals surface area contributed by atoms with Crippen LogP contribution in [-0.2, 0) is 4.74 Å². The van der Waals surface area contributed by atoms with Crippen LogP contribution in [0, 0.1) is 0 Å². The van der Waals surface area contributed by atoms with Gasteiger partial charge in [-0.15, -0.1) is 0 Å². The summed E-state index contributed by atoms with van der Waals surface area (Å²) >= 11 is 5.05. The summed E-state index contributed by atoms with van der Waals surface area (Å²) in [6, 6.07) is 3.25. The summed E-state index contributed by atoms with van der Waals surface area (Å²) in [5.41, 5.74) is 5.68. The highest BCUT2D eigenvalue weighted by molar-refractivity contribution is 7.80. The molecule has 0 aliphatic carbocycles. The zero-order chi connectivity index (χ0) is 13.5. The molecule has 0 bridgehead atoms. The van der Waals surface area contributed by atoms with Crippen LogP contribution >= 0.6 is 12.2 Å². The van der Waals surface area contributed by atoms with Crippen LogP contribution in [0.4, 0.5) is 0 Å². The van der Waals surface area contributed by atoms with Gasteiger partial charge in [-0.25, -0.2) is 0 Å². The van der Waals surface area contributed by atoms with Gasteiger partial charge in [-0.2, -0.15) is 0 Å². The van der Waals surface area contributed by atoms with Gasteiger partial charge in [-0.1, -0.05) is 0 Å². The number of amides is 1. The molecule has 2 rings (SSSR count). The molecule has 0 radical (unpaired) electrons. The Hall–Kier alpha value is -1.73. The number of pyridine rings is 1. The van der Waals surface area contributed by atoms with Crippen LogP contribution < -0.4 is 16.2 Å². The topological polar surface area (TPSA) is 75.3 Å². The number of nitrogens with zero attached hydrogens (tertiary/aromatic N) is 1. The molecule has 1 aromatic rings. The monoisotopic (exact) mass is 280 g/mol. The quantitative estimate of drug-likeness (QED) is 0.549. The molecule has 3 N–H and O–H groups in total. The van der Waals surface area contributed by atoms with E-state index in [9.17, 15) is 4.79 Å². The van der Waals surface area contributed by atoms with Crippen LogP contribution in [0.2, 0.25) is 0 Å². The molecule has 19 heavy (non-hydrogen) atoms. The van der Waals surface area contributed by atoms with Gasteiger partial charge < -0.3 is 10.1 Å². The van der Waals surface area contributed by atoms with Gasteiger partial charge in [-0.3, -0.25) is 20.6 Å². The minimum absolute atomic E-state index is 0.204. The van der Waals surface area contributed by atoms with Crippen LogP contribution in [0.25, 0.3) is 0 Å². The molecule has 1 atom stereocenters. The van der Waals surface area contributed by atoms with E-state index in [4.69, 9.17) is 17.0 Å². The minimum Gasteiger partial charge on any atom is -0.376 e. The van der Waals surface area contributed by atoms with E-state index in [1.54, 1.807) is 24.5 Å². The van der Waals surface area contributed by atoms with Crippen molar-refractivity contribution in [2.75, 3.05) is 13.2 Å². The highest BCUT2D eigenvalue weighted by atomic mass is 32.1. The Morgan fingerprint density at radius 2 is 2.21 bits per heavy atom. The summed E-state index contributed by atoms with van der Waals surface area (Å²) in [6.07, 6.45) is 5.45. The highest BCUT2D eigenvalue weighted by Gasteiger charge is 2.15. The molecule has 0 spiro atoms. The summed E-state index contributed by atoms with van der Waals surface area (Å²) in [5, 5.41) is 3.37. The summed E-state index contributed by atoms with van der Waals surface area (Å²) in [5.74, 6) is -0.260. The Bertz CT molecular complexity index is 435. The second-order valence-corrected chi connectivity index (χ2v) is 4.57. The van der Waals surface area contributed by atoms with Gasteiger partial charge in [0.15, 0.2) is 5.11 Å². The van der Waals surface area contributed by atoms with Crippen molar-refractivity contribution >= 4 is 23.2 Å². The molecule has 6 nitrogen and oxygen atoms in total. The van der Waals surface area contributed by atoms with Gasteiger partial charge in [0, 0.05) is 31.1 Å². The third-order valence-electron chi connectivity index (χ3n) is 2.75. The first-order chi connectivity index (χ1) is 9.25. The lowest BCUT2D eigenvalue weighted by Gasteiger charge is -2.14. The van der Waals surface area contributed by atoms with Gasteiger partial charge in [0.2, 0.25) is 0 Å². The summed E-state index contributed by atoms with van der Waals surface area (Å²) in [4.78, 5) is 15.5. The SMILES string of the molecule is O=C(NNC(=S)NC[C@@H]1CCCO1)c1ccncc1. The van der Waals surface area contributed by atoms with Crippen LogP contribution in [0.3, 0.4) is 0 Å². The molecule has 0 saturated carbocycles. The summed E-state index contributed by atoms with van der Waals surface area (Å²) < 4.78 is 5.45. The highest BCUT2D eigenvalue weighted by Crippen LogP contribution is 2.10. The Labute approximate surface area is 116 Å². The molecular weight excluding hydrogens is 264 g/mol. The average Bonchev–Trinajstić information content (AvgIpc) is 2.96. The summed E-state index contributed by atoms with van der Waals surface area (Å²) in [7, 11) is 0. The molecule has 0 unspecified atom stereocenters. The fourth-order valence-corrected chi connectivity index (χ4v) is 1.88. The van der Waals surface area contributed by atoms with E-state index < -0.39 is 0 Å². The molecule has 1 aliphatic rings. The van der Waals surface area contributed by atoms with E-state index in [0.29, 0.717) is 17.2 Å². The lowest BCUT2D eigenvalue weighted by atomic mass is 10.2. The fourth-order valence-electron chi connectivity index (χ4n) is 1.75. The molecule has 1 aromatic heterocycles. The number of hydrazine groups is 1. The van der Waals surface area contributed by atoms with Crippen LogP contribution in [0.1, 0.15) is 23.2 Å². The van der Waals surface area contributed by atoms with E-state index in [1.165, 1.54) is 0 Å². The number of carbonyl (C=O) groups is 1. The van der Waals surface area contributed by atoms with Crippen molar-refractivity contribution in [3.63, 3.8) is 0 Å². The largest absolute Gasteiger partial charge is 0.376 e. The number of carbonyl (C=O) groups excluding carboxylic acids is 1. The Morgan fingerprint density at radius 1 is 1.42 bits per heavy atom. The van der Waals surface area contributed by atoms with Gasteiger partial charge >= 0.3 is 0 Å². The molecular formula is C12H16N4O2S. The number of rotatable bonds is 3. The predicted octanol–water partition coefficient (Wildman–Crippen LogP) is 0.369. The first-order valence-electron chi connectivity index (χ1n) is 6.11. The molecule has 1 amide bonds. The summed E-state index contributed by atoms with van der Waals surface area (Å²) in [6.45, 7) is 1.46. The Kier molecular flexibility index (Phi) is 5.05. The van der Waals surface area contributed by atoms with Crippen molar-refractivity contribution in [2.24, 2.45) is 0 Å². The fraction of sp³-hybridized carbons (Fsp3) is 0.417. The average molecular weight is 280 g/mol. The second kappa shape index (κ2) is 7.01. The smallest absolute Gasteiger partial charge is 0.269 e. The van der Waals surface area contributed by atoms with Crippen molar-refractivity contribution in [1.82, 2.24) is 21.2 Å². The van der Waals surface area contributed by atoms with E-state index in [2.05, 4.69) is 21.2 Å². The van der Waals surface area contributed by atoms with Crippen LogP contribution in [0.5, 0.6) is 0 Å². The first-order valence-corrected chi connectivity index (χ1v) is 6.52. The van der Waals surface area contributed by atoms with Gasteiger partial charge in [-0.05, 0) is 37.2 Å². The third-order valence-corrected chi connectivity index (χ3v) is 2.99. The normalized spacial score (nSPS) is 17.8. The van der Waals surface area contributed by atoms with Gasteiger partial charge in [0.25, 0.3) is 5.91 Å². The van der Waals surface area contributed by atoms with Crippen molar-refractivity contribution < 1.29 is 9.53 Å². The van der Waals surface area contributed by atoms with Crippen molar-refractivity contribution in [3.05, 3.63) is 30.1 Å². The maximum absolute atomic E-state index is 11.7. The van der Waals surface area contributed by atoms with E-state index >= 15 is 0 Å². The number of thiocarbonyl (C=S) groups is 1. The third kappa shape index (κ3) is 4.46. The second-order valence-electron chi connectivity index (χ2n) is 4.16. The standard InChI is InChI=1S/C12H16N4O2S/c17-11(9-3-5-13-6-4-9)15-16-12(19)14-8-10-2-1-7-18-10/h3-6,10H,1-2,7-8H2,(H,15,17)(H2,14,16,19)/t10-/m0/s1. The molecule has 1 aliphatic heterocycles. The molecule has 1 saturated heterocycles. The van der Waals surface area contributed by atoms with Crippen molar-refractivity contribution in [3.8, 4) is 0 Å². The van der Waals surface area contributed by atoms with Gasteiger partial charge in [0.05, 0.1) is 6.10 Å². The van der Waals surface area contributed by atoms with E-state index in [-0.39, 0.29) is 12.0 Å². The molecule has 0 aromatic carbocycles. The zero-order valence-corrected chi connectivity index (χ0v) is 11.2. The maximum Gasteiger partial charge on any atom is 0.269 e. The number of aromatic nitrogens is 1. The number of nitrogens with one attached hydrogen (secondary N) is 3. The molecule has 7 heteroatoms. The molecule has 102 valence electrons. The lowest BCUT2D eigenvalue weighted by Crippen LogP contribution is -2.48. The molecule has 1 fully saturated rings. The van der Waals surface area contributed by atoms with E-state index in [0.717, 1.165) is 19.4 Å².